The number of halogens is 1. The van der Waals surface area contributed by atoms with Crippen molar-refractivity contribution in [2.75, 3.05) is 19.6 Å². The third kappa shape index (κ3) is 4.26. The Balaban J connectivity index is 0.00000121. The molecule has 0 aromatic rings. The highest BCUT2D eigenvalue weighted by atomic mass is 35.5. The van der Waals surface area contributed by atoms with Crippen LogP contribution in [0.5, 0.6) is 0 Å². The summed E-state index contributed by atoms with van der Waals surface area (Å²) in [6.07, 6.45) is 1.12. The fourth-order valence-corrected chi connectivity index (χ4v) is 1.58. The summed E-state index contributed by atoms with van der Waals surface area (Å²) < 4.78 is 0. The average molecular weight is 194 g/mol. The second kappa shape index (κ2) is 4.42. The van der Waals surface area contributed by atoms with E-state index in [1.165, 1.54) is 0 Å². The minimum atomic E-state index is -0.0793. The van der Waals surface area contributed by atoms with Gasteiger partial charge in [-0.05, 0) is 26.8 Å². The smallest absolute Gasteiger partial charge is 0.0226 e. The molecule has 1 rings (SSSR count). The largest absolute Gasteiger partial charge is 0.326 e. The second-order valence-corrected chi connectivity index (χ2v) is 4.27. The molecule has 1 unspecified atom stereocenters. The van der Waals surface area contributed by atoms with Gasteiger partial charge < -0.3 is 11.5 Å². The molecule has 1 aliphatic heterocycles. The average Bonchev–Trinajstić information content (AvgIpc) is 2.10. The van der Waals surface area contributed by atoms with E-state index in [2.05, 4.69) is 18.7 Å². The van der Waals surface area contributed by atoms with Crippen LogP contribution in [0.4, 0.5) is 0 Å². The molecule has 4 N–H and O–H groups in total. The maximum absolute atomic E-state index is 5.88. The molecule has 3 nitrogen and oxygen atoms in total. The summed E-state index contributed by atoms with van der Waals surface area (Å²) in [4.78, 5) is 2.34. The van der Waals surface area contributed by atoms with Crippen molar-refractivity contribution in [1.29, 1.82) is 0 Å². The molecule has 0 saturated carbocycles. The molecule has 1 saturated heterocycles. The highest BCUT2D eigenvalue weighted by Gasteiger charge is 2.23. The molecule has 1 heterocycles. The van der Waals surface area contributed by atoms with E-state index >= 15 is 0 Å². The Hall–Kier alpha value is 0.170. The first-order valence-electron chi connectivity index (χ1n) is 4.24. The van der Waals surface area contributed by atoms with Crippen molar-refractivity contribution in [3.8, 4) is 0 Å². The predicted molar refractivity (Wildman–Crippen MR) is 54.5 cm³/mol. The van der Waals surface area contributed by atoms with Crippen molar-refractivity contribution in [2.45, 2.75) is 31.8 Å². The lowest BCUT2D eigenvalue weighted by Gasteiger charge is -2.25. The third-order valence-electron chi connectivity index (χ3n) is 1.94. The number of hydrogen-bond donors (Lipinski definition) is 2. The summed E-state index contributed by atoms with van der Waals surface area (Å²) in [5.41, 5.74) is 11.6. The van der Waals surface area contributed by atoms with Gasteiger partial charge in [0, 0.05) is 24.7 Å². The van der Waals surface area contributed by atoms with Gasteiger partial charge in [0.05, 0.1) is 0 Å². The van der Waals surface area contributed by atoms with Crippen LogP contribution in [-0.4, -0.2) is 36.1 Å². The van der Waals surface area contributed by atoms with E-state index in [4.69, 9.17) is 11.5 Å². The van der Waals surface area contributed by atoms with E-state index < -0.39 is 0 Å². The van der Waals surface area contributed by atoms with Crippen LogP contribution >= 0.6 is 12.4 Å². The zero-order valence-corrected chi connectivity index (χ0v) is 8.73. The standard InChI is InChI=1S/C8H19N3.ClH/c1-8(2,10)6-11-4-3-7(9)5-11;/h7H,3-6,9-10H2,1-2H3;1H. The summed E-state index contributed by atoms with van der Waals surface area (Å²) in [6.45, 7) is 7.19. The van der Waals surface area contributed by atoms with Gasteiger partial charge in [-0.1, -0.05) is 0 Å². The van der Waals surface area contributed by atoms with Crippen LogP contribution in [0.25, 0.3) is 0 Å². The fourth-order valence-electron chi connectivity index (χ4n) is 1.58. The molecule has 0 spiro atoms. The van der Waals surface area contributed by atoms with Crippen LogP contribution < -0.4 is 11.5 Å². The highest BCUT2D eigenvalue weighted by molar-refractivity contribution is 5.85. The third-order valence-corrected chi connectivity index (χ3v) is 1.94. The summed E-state index contributed by atoms with van der Waals surface area (Å²) >= 11 is 0. The van der Waals surface area contributed by atoms with Crippen molar-refractivity contribution < 1.29 is 0 Å². The van der Waals surface area contributed by atoms with Crippen molar-refractivity contribution in [1.82, 2.24) is 4.90 Å². The quantitative estimate of drug-likeness (QED) is 0.658. The van der Waals surface area contributed by atoms with Gasteiger partial charge in [-0.15, -0.1) is 12.4 Å². The summed E-state index contributed by atoms with van der Waals surface area (Å²) in [7, 11) is 0. The van der Waals surface area contributed by atoms with E-state index in [-0.39, 0.29) is 17.9 Å². The van der Waals surface area contributed by atoms with Gasteiger partial charge in [0.15, 0.2) is 0 Å². The number of hydrogen-bond acceptors (Lipinski definition) is 3. The number of nitrogens with two attached hydrogens (primary N) is 2. The predicted octanol–water partition coefficient (Wildman–Crippen LogP) is 0.179. The molecule has 4 heteroatoms. The fraction of sp³-hybridized carbons (Fsp3) is 1.00. The van der Waals surface area contributed by atoms with Crippen LogP contribution in [0.3, 0.4) is 0 Å². The molecule has 0 amide bonds. The lowest BCUT2D eigenvalue weighted by Crippen LogP contribution is -2.45. The molecular weight excluding hydrogens is 174 g/mol. The monoisotopic (exact) mass is 193 g/mol. The zero-order valence-electron chi connectivity index (χ0n) is 7.92. The van der Waals surface area contributed by atoms with Gasteiger partial charge in [-0.25, -0.2) is 0 Å². The summed E-state index contributed by atoms with van der Waals surface area (Å²) in [5.74, 6) is 0. The van der Waals surface area contributed by atoms with E-state index in [0.717, 1.165) is 26.1 Å². The van der Waals surface area contributed by atoms with Crippen molar-refractivity contribution in [2.24, 2.45) is 11.5 Å². The molecule has 1 fully saturated rings. The van der Waals surface area contributed by atoms with Gasteiger partial charge in [0.25, 0.3) is 0 Å². The van der Waals surface area contributed by atoms with Crippen LogP contribution in [0.1, 0.15) is 20.3 Å². The Kier molecular flexibility index (Phi) is 4.48. The van der Waals surface area contributed by atoms with E-state index in [9.17, 15) is 0 Å². The highest BCUT2D eigenvalue weighted by Crippen LogP contribution is 2.10. The normalized spacial score (nSPS) is 25.5. The molecule has 0 bridgehead atoms. The maximum Gasteiger partial charge on any atom is 0.0226 e. The van der Waals surface area contributed by atoms with Gasteiger partial charge >= 0.3 is 0 Å². The van der Waals surface area contributed by atoms with Gasteiger partial charge in [0.2, 0.25) is 0 Å². The van der Waals surface area contributed by atoms with E-state index in [0.29, 0.717) is 6.04 Å². The molecule has 0 radical (unpaired) electrons. The van der Waals surface area contributed by atoms with Gasteiger partial charge in [0.1, 0.15) is 0 Å². The molecule has 0 aliphatic carbocycles. The Morgan fingerprint density at radius 2 is 2.08 bits per heavy atom. The minimum absolute atomic E-state index is 0. The second-order valence-electron chi connectivity index (χ2n) is 4.27. The first-order valence-corrected chi connectivity index (χ1v) is 4.24. The lowest BCUT2D eigenvalue weighted by atomic mass is 10.1. The Bertz CT molecular complexity index is 133. The Morgan fingerprint density at radius 3 is 2.42 bits per heavy atom. The summed E-state index contributed by atoms with van der Waals surface area (Å²) in [5, 5.41) is 0. The minimum Gasteiger partial charge on any atom is -0.326 e. The van der Waals surface area contributed by atoms with Gasteiger partial charge in [-0.3, -0.25) is 4.90 Å². The van der Waals surface area contributed by atoms with E-state index in [1.807, 2.05) is 0 Å². The van der Waals surface area contributed by atoms with Crippen molar-refractivity contribution in [3.63, 3.8) is 0 Å². The molecule has 0 aromatic carbocycles. The number of nitrogens with zero attached hydrogens (tertiary/aromatic N) is 1. The van der Waals surface area contributed by atoms with Gasteiger partial charge in [-0.2, -0.15) is 0 Å². The maximum atomic E-state index is 5.88. The lowest BCUT2D eigenvalue weighted by molar-refractivity contribution is 0.269. The van der Waals surface area contributed by atoms with E-state index in [1.54, 1.807) is 0 Å². The molecule has 0 aromatic heterocycles. The van der Waals surface area contributed by atoms with Crippen molar-refractivity contribution in [3.05, 3.63) is 0 Å². The molecule has 74 valence electrons. The molecule has 1 atom stereocenters. The summed E-state index contributed by atoms with van der Waals surface area (Å²) in [6, 6.07) is 0.373. The van der Waals surface area contributed by atoms with Crippen molar-refractivity contribution >= 4 is 12.4 Å². The van der Waals surface area contributed by atoms with Crippen LogP contribution in [0, 0.1) is 0 Å². The first-order chi connectivity index (χ1) is 4.97. The first kappa shape index (κ1) is 12.2. The van der Waals surface area contributed by atoms with Crippen LogP contribution in [0.2, 0.25) is 0 Å². The molecule has 1 aliphatic rings. The molecular formula is C8H20ClN3. The number of rotatable bonds is 2. The number of likely N-dealkylation sites (tertiary alicyclic amines) is 1. The molecule has 12 heavy (non-hydrogen) atoms. The SMILES string of the molecule is CC(C)(N)CN1CCC(N)C1.Cl. The Morgan fingerprint density at radius 1 is 1.50 bits per heavy atom. The van der Waals surface area contributed by atoms with Crippen LogP contribution in [0.15, 0.2) is 0 Å². The zero-order chi connectivity index (χ0) is 8.48. The van der Waals surface area contributed by atoms with Crippen LogP contribution in [-0.2, 0) is 0 Å². The topological polar surface area (TPSA) is 55.3 Å². The Labute approximate surface area is 80.9 Å².